The fourth-order valence-corrected chi connectivity index (χ4v) is 2.47. The second-order valence-corrected chi connectivity index (χ2v) is 5.94. The van der Waals surface area contributed by atoms with Gasteiger partial charge in [-0.2, -0.15) is 0 Å². The molecule has 0 aliphatic carbocycles. The molecule has 7 nitrogen and oxygen atoms in total. The van der Waals surface area contributed by atoms with E-state index in [4.69, 9.17) is 4.52 Å². The maximum absolute atomic E-state index is 12.5. The maximum atomic E-state index is 12.5. The molecule has 0 spiro atoms. The second kappa shape index (κ2) is 7.29. The van der Waals surface area contributed by atoms with Gasteiger partial charge in [0.15, 0.2) is 0 Å². The zero-order valence-corrected chi connectivity index (χ0v) is 14.2. The molecule has 1 N–H and O–H groups in total. The van der Waals surface area contributed by atoms with Crippen LogP contribution >= 0.6 is 0 Å². The van der Waals surface area contributed by atoms with Gasteiger partial charge in [0.2, 0.25) is 5.91 Å². The Labute approximate surface area is 144 Å². The fourth-order valence-electron chi connectivity index (χ4n) is 2.47. The van der Waals surface area contributed by atoms with E-state index in [1.54, 1.807) is 0 Å². The van der Waals surface area contributed by atoms with Crippen LogP contribution in [0.3, 0.4) is 0 Å². The monoisotopic (exact) mass is 340 g/mol. The maximum Gasteiger partial charge on any atom is 0.299 e. The predicted molar refractivity (Wildman–Crippen MR) is 94.0 cm³/mol. The summed E-state index contributed by atoms with van der Waals surface area (Å²) in [6, 6.07) is 9.54. The van der Waals surface area contributed by atoms with Crippen molar-refractivity contribution in [3.8, 4) is 11.3 Å². The van der Waals surface area contributed by atoms with Gasteiger partial charge in [-0.3, -0.25) is 14.2 Å². The Morgan fingerprint density at radius 3 is 2.80 bits per heavy atom. The molecule has 25 heavy (non-hydrogen) atoms. The van der Waals surface area contributed by atoms with Gasteiger partial charge < -0.3 is 9.84 Å². The topological polar surface area (TPSA) is 90.0 Å². The Bertz CT molecular complexity index is 930. The summed E-state index contributed by atoms with van der Waals surface area (Å²) in [7, 11) is 0. The number of hydrogen-bond acceptors (Lipinski definition) is 5. The van der Waals surface area contributed by atoms with E-state index in [1.807, 2.05) is 44.2 Å². The van der Waals surface area contributed by atoms with Crippen molar-refractivity contribution in [3.63, 3.8) is 0 Å². The van der Waals surface area contributed by atoms with Gasteiger partial charge >= 0.3 is 0 Å². The first-order chi connectivity index (χ1) is 12.1. The minimum atomic E-state index is -0.337. The molecule has 1 aromatic carbocycles. The van der Waals surface area contributed by atoms with Crippen LogP contribution in [0.2, 0.25) is 0 Å². The molecule has 0 fully saturated rings. The van der Waals surface area contributed by atoms with Gasteiger partial charge in [-0.25, -0.2) is 4.98 Å². The number of nitrogens with one attached hydrogen (secondary N) is 1. The van der Waals surface area contributed by atoms with Crippen molar-refractivity contribution < 1.29 is 9.32 Å². The summed E-state index contributed by atoms with van der Waals surface area (Å²) >= 11 is 0. The van der Waals surface area contributed by atoms with Crippen LogP contribution in [-0.4, -0.2) is 26.7 Å². The van der Waals surface area contributed by atoms with E-state index in [1.165, 1.54) is 10.9 Å². The highest BCUT2D eigenvalue weighted by molar-refractivity contribution is 5.87. The average Bonchev–Trinajstić information content (AvgIpc) is 3.06. The zero-order valence-electron chi connectivity index (χ0n) is 14.2. The van der Waals surface area contributed by atoms with E-state index in [2.05, 4.69) is 15.5 Å². The van der Waals surface area contributed by atoms with Gasteiger partial charge in [-0.05, 0) is 13.3 Å². The molecule has 7 heteroatoms. The minimum absolute atomic E-state index is 0.0936. The first-order valence-electron chi connectivity index (χ1n) is 8.29. The SMILES string of the molecule is CCC(C)NC(=O)CCn1cnc2c(-c3ccccc3)noc2c1=O. The molecule has 3 rings (SSSR count). The van der Waals surface area contributed by atoms with E-state index in [-0.39, 0.29) is 36.1 Å². The Kier molecular flexibility index (Phi) is 4.92. The Hall–Kier alpha value is -2.96. The molecule has 0 aliphatic heterocycles. The highest BCUT2D eigenvalue weighted by atomic mass is 16.5. The van der Waals surface area contributed by atoms with Crippen LogP contribution in [0.15, 0.2) is 46.0 Å². The molecule has 0 saturated carbocycles. The fraction of sp³-hybridized carbons (Fsp3) is 0.333. The number of aromatic nitrogens is 3. The third kappa shape index (κ3) is 3.60. The summed E-state index contributed by atoms with van der Waals surface area (Å²) in [6.07, 6.45) is 2.50. The number of rotatable bonds is 6. The third-order valence-electron chi connectivity index (χ3n) is 4.10. The molecule has 0 saturated heterocycles. The van der Waals surface area contributed by atoms with Crippen LogP contribution in [-0.2, 0) is 11.3 Å². The van der Waals surface area contributed by atoms with Crippen LogP contribution in [0.25, 0.3) is 22.4 Å². The molecule has 130 valence electrons. The first kappa shape index (κ1) is 16.9. The van der Waals surface area contributed by atoms with Gasteiger partial charge in [-0.15, -0.1) is 0 Å². The Morgan fingerprint density at radius 2 is 2.08 bits per heavy atom. The molecule has 3 aromatic rings. The van der Waals surface area contributed by atoms with Gasteiger partial charge in [0, 0.05) is 24.6 Å². The van der Waals surface area contributed by atoms with Crippen molar-refractivity contribution in [2.45, 2.75) is 39.3 Å². The van der Waals surface area contributed by atoms with Crippen LogP contribution in [0.5, 0.6) is 0 Å². The summed E-state index contributed by atoms with van der Waals surface area (Å²) in [6.45, 7) is 4.18. The standard InChI is InChI=1S/C18H20N4O3/c1-3-12(2)20-14(23)9-10-22-11-19-16-15(13-7-5-4-6-8-13)21-25-17(16)18(22)24/h4-8,11-12H,3,9-10H2,1-2H3,(H,20,23). The van der Waals surface area contributed by atoms with Crippen LogP contribution in [0.1, 0.15) is 26.7 Å². The molecule has 1 unspecified atom stereocenters. The van der Waals surface area contributed by atoms with E-state index in [9.17, 15) is 9.59 Å². The van der Waals surface area contributed by atoms with Crippen molar-refractivity contribution in [3.05, 3.63) is 47.0 Å². The van der Waals surface area contributed by atoms with E-state index >= 15 is 0 Å². The average molecular weight is 340 g/mol. The zero-order chi connectivity index (χ0) is 17.8. The molecule has 0 radical (unpaired) electrons. The van der Waals surface area contributed by atoms with Crippen molar-refractivity contribution in [2.75, 3.05) is 0 Å². The molecule has 0 bridgehead atoms. The highest BCUT2D eigenvalue weighted by Gasteiger charge is 2.16. The lowest BCUT2D eigenvalue weighted by Gasteiger charge is -2.11. The number of amides is 1. The summed E-state index contributed by atoms with van der Waals surface area (Å²) in [5.41, 5.74) is 1.56. The van der Waals surface area contributed by atoms with Gasteiger partial charge in [0.1, 0.15) is 11.2 Å². The molecule has 2 heterocycles. The number of fused-ring (bicyclic) bond motifs is 1. The van der Waals surface area contributed by atoms with Crippen molar-refractivity contribution in [1.29, 1.82) is 0 Å². The van der Waals surface area contributed by atoms with Crippen LogP contribution in [0, 0.1) is 0 Å². The highest BCUT2D eigenvalue weighted by Crippen LogP contribution is 2.23. The number of nitrogens with zero attached hydrogens (tertiary/aromatic N) is 3. The smallest absolute Gasteiger partial charge is 0.299 e. The van der Waals surface area contributed by atoms with Gasteiger partial charge in [0.05, 0.1) is 6.33 Å². The normalized spacial score (nSPS) is 12.2. The van der Waals surface area contributed by atoms with Crippen molar-refractivity contribution >= 4 is 17.0 Å². The number of benzene rings is 1. The summed E-state index contributed by atoms with van der Waals surface area (Å²) in [5.74, 6) is -0.0936. The largest absolute Gasteiger partial charge is 0.354 e. The molecular weight excluding hydrogens is 320 g/mol. The predicted octanol–water partition coefficient (Wildman–Crippen LogP) is 2.36. The third-order valence-corrected chi connectivity index (χ3v) is 4.10. The number of carbonyl (C=O) groups excluding carboxylic acids is 1. The van der Waals surface area contributed by atoms with Crippen LogP contribution < -0.4 is 10.9 Å². The molecule has 1 atom stereocenters. The molecule has 0 aliphatic rings. The van der Waals surface area contributed by atoms with Crippen molar-refractivity contribution in [2.24, 2.45) is 0 Å². The number of hydrogen-bond donors (Lipinski definition) is 1. The quantitative estimate of drug-likeness (QED) is 0.744. The summed E-state index contributed by atoms with van der Waals surface area (Å²) < 4.78 is 6.59. The summed E-state index contributed by atoms with van der Waals surface area (Å²) in [4.78, 5) is 28.7. The number of carbonyl (C=O) groups is 1. The Morgan fingerprint density at radius 1 is 1.32 bits per heavy atom. The first-order valence-corrected chi connectivity index (χ1v) is 8.29. The van der Waals surface area contributed by atoms with E-state index in [0.29, 0.717) is 11.2 Å². The number of aryl methyl sites for hydroxylation is 1. The van der Waals surface area contributed by atoms with E-state index in [0.717, 1.165) is 12.0 Å². The molecule has 2 aromatic heterocycles. The van der Waals surface area contributed by atoms with E-state index < -0.39 is 0 Å². The van der Waals surface area contributed by atoms with Gasteiger partial charge in [0.25, 0.3) is 11.1 Å². The van der Waals surface area contributed by atoms with Crippen LogP contribution in [0.4, 0.5) is 0 Å². The minimum Gasteiger partial charge on any atom is -0.354 e. The van der Waals surface area contributed by atoms with Gasteiger partial charge in [-0.1, -0.05) is 42.4 Å². The molecule has 1 amide bonds. The Balaban J connectivity index is 1.82. The molecular formula is C18H20N4O3. The lowest BCUT2D eigenvalue weighted by atomic mass is 10.1. The lowest BCUT2D eigenvalue weighted by molar-refractivity contribution is -0.121. The van der Waals surface area contributed by atoms with Crippen molar-refractivity contribution in [1.82, 2.24) is 20.0 Å². The lowest BCUT2D eigenvalue weighted by Crippen LogP contribution is -2.33. The summed E-state index contributed by atoms with van der Waals surface area (Å²) in [5, 5.41) is 6.85. The second-order valence-electron chi connectivity index (χ2n) is 5.94.